The minimum Gasteiger partial charge on any atom is -0.493 e. The Morgan fingerprint density at radius 1 is 1.12 bits per heavy atom. The third-order valence-electron chi connectivity index (χ3n) is 3.91. The lowest BCUT2D eigenvalue weighted by molar-refractivity contribution is 0.284. The monoisotopic (exact) mass is 380 g/mol. The molecule has 1 N–H and O–H groups in total. The van der Waals surface area contributed by atoms with E-state index in [0.717, 1.165) is 30.6 Å². The molecule has 2 aromatic rings. The molecule has 0 fully saturated rings. The van der Waals surface area contributed by atoms with Crippen LogP contribution in [0.4, 0.5) is 4.39 Å². The van der Waals surface area contributed by atoms with Gasteiger partial charge in [0, 0.05) is 17.6 Å². The predicted octanol–water partition coefficient (Wildman–Crippen LogP) is 4.11. The average molecular weight is 381 g/mol. The zero-order valence-corrected chi connectivity index (χ0v) is 16.3. The molecule has 0 spiro atoms. The van der Waals surface area contributed by atoms with Gasteiger partial charge >= 0.3 is 0 Å². The second-order valence-corrected chi connectivity index (χ2v) is 6.75. The highest BCUT2D eigenvalue weighted by molar-refractivity contribution is 6.31. The lowest BCUT2D eigenvalue weighted by Crippen LogP contribution is -2.21. The fourth-order valence-corrected chi connectivity index (χ4v) is 2.69. The number of ether oxygens (including phenoxy) is 2. The first-order valence-corrected chi connectivity index (χ1v) is 8.96. The Morgan fingerprint density at radius 2 is 1.85 bits per heavy atom. The van der Waals surface area contributed by atoms with Crippen LogP contribution in [0, 0.1) is 5.82 Å². The topological polar surface area (TPSA) is 33.7 Å². The maximum atomic E-state index is 13.0. The second-order valence-electron chi connectivity index (χ2n) is 6.34. The van der Waals surface area contributed by atoms with E-state index in [0.29, 0.717) is 29.7 Å². The van der Waals surface area contributed by atoms with E-state index in [4.69, 9.17) is 21.1 Å². The van der Waals surface area contributed by atoms with Crippen LogP contribution >= 0.6 is 11.6 Å². The lowest BCUT2D eigenvalue weighted by atomic mass is 10.2. The van der Waals surface area contributed by atoms with Crippen LogP contribution in [0.25, 0.3) is 0 Å². The van der Waals surface area contributed by atoms with E-state index in [1.807, 2.05) is 6.07 Å². The maximum Gasteiger partial charge on any atom is 0.163 e. The molecule has 142 valence electrons. The van der Waals surface area contributed by atoms with E-state index in [1.165, 1.54) is 12.1 Å². The van der Waals surface area contributed by atoms with E-state index in [1.54, 1.807) is 25.3 Å². The average Bonchev–Trinajstić information content (AvgIpc) is 2.62. The molecule has 0 amide bonds. The summed E-state index contributed by atoms with van der Waals surface area (Å²) in [5, 5.41) is 4.01. The van der Waals surface area contributed by atoms with Crippen LogP contribution in [-0.4, -0.2) is 39.2 Å². The molecule has 2 rings (SSSR count). The van der Waals surface area contributed by atoms with Gasteiger partial charge in [0.15, 0.2) is 11.5 Å². The normalized spacial score (nSPS) is 11.0. The molecule has 0 heterocycles. The number of halogens is 2. The summed E-state index contributed by atoms with van der Waals surface area (Å²) in [6.45, 7) is 2.94. The number of rotatable bonds is 10. The van der Waals surface area contributed by atoms with Gasteiger partial charge in [-0.1, -0.05) is 23.7 Å². The molecule has 0 aromatic heterocycles. The standard InChI is InChI=1S/C20H26ClFN2O2/c1-24(2)10-4-9-23-13-16-11-19(25-3)20(12-18(16)21)26-14-15-5-7-17(22)8-6-15/h5-8,11-12,23H,4,9-10,13-14H2,1-3H3. The van der Waals surface area contributed by atoms with Crippen molar-refractivity contribution >= 4 is 11.6 Å². The summed E-state index contributed by atoms with van der Waals surface area (Å²) in [5.74, 6) is 0.927. The van der Waals surface area contributed by atoms with Crippen molar-refractivity contribution in [2.45, 2.75) is 19.6 Å². The van der Waals surface area contributed by atoms with Crippen LogP contribution < -0.4 is 14.8 Å². The highest BCUT2D eigenvalue weighted by Gasteiger charge is 2.11. The molecule has 0 atom stereocenters. The predicted molar refractivity (Wildman–Crippen MR) is 104 cm³/mol. The Labute approximate surface area is 159 Å². The number of nitrogens with one attached hydrogen (secondary N) is 1. The number of methoxy groups -OCH3 is 1. The molecule has 0 saturated carbocycles. The van der Waals surface area contributed by atoms with E-state index < -0.39 is 0 Å². The number of nitrogens with zero attached hydrogens (tertiary/aromatic N) is 1. The van der Waals surface area contributed by atoms with E-state index in [-0.39, 0.29) is 5.82 Å². The van der Waals surface area contributed by atoms with Gasteiger partial charge in [0.05, 0.1) is 7.11 Å². The van der Waals surface area contributed by atoms with Crippen molar-refractivity contribution in [2.75, 3.05) is 34.3 Å². The van der Waals surface area contributed by atoms with Gasteiger partial charge in [-0.25, -0.2) is 4.39 Å². The number of benzene rings is 2. The molecule has 4 nitrogen and oxygen atoms in total. The van der Waals surface area contributed by atoms with Crippen LogP contribution in [0.2, 0.25) is 5.02 Å². The van der Waals surface area contributed by atoms with Crippen LogP contribution in [-0.2, 0) is 13.2 Å². The summed E-state index contributed by atoms with van der Waals surface area (Å²) < 4.78 is 24.2. The Morgan fingerprint density at radius 3 is 2.50 bits per heavy atom. The molecular formula is C20H26ClFN2O2. The van der Waals surface area contributed by atoms with E-state index >= 15 is 0 Å². The van der Waals surface area contributed by atoms with Crippen molar-refractivity contribution < 1.29 is 13.9 Å². The Kier molecular flexibility index (Phi) is 8.16. The van der Waals surface area contributed by atoms with Crippen molar-refractivity contribution in [3.05, 3.63) is 58.4 Å². The third kappa shape index (κ3) is 6.48. The summed E-state index contributed by atoms with van der Waals surface area (Å²) in [4.78, 5) is 2.16. The van der Waals surface area contributed by atoms with Crippen molar-refractivity contribution in [2.24, 2.45) is 0 Å². The Hall–Kier alpha value is -1.82. The Balaban J connectivity index is 1.95. The summed E-state index contributed by atoms with van der Waals surface area (Å²) >= 11 is 6.39. The Bertz CT molecular complexity index is 693. The zero-order valence-electron chi connectivity index (χ0n) is 15.5. The van der Waals surface area contributed by atoms with Crippen LogP contribution in [0.1, 0.15) is 17.5 Å². The molecule has 0 bridgehead atoms. The van der Waals surface area contributed by atoms with E-state index in [9.17, 15) is 4.39 Å². The maximum absolute atomic E-state index is 13.0. The highest BCUT2D eigenvalue weighted by Crippen LogP contribution is 2.34. The van der Waals surface area contributed by atoms with Gasteiger partial charge in [-0.3, -0.25) is 0 Å². The fourth-order valence-electron chi connectivity index (χ4n) is 2.47. The molecule has 0 unspecified atom stereocenters. The first kappa shape index (κ1) is 20.5. The molecular weight excluding hydrogens is 355 g/mol. The quantitative estimate of drug-likeness (QED) is 0.629. The van der Waals surface area contributed by atoms with Gasteiger partial charge in [0.1, 0.15) is 12.4 Å². The van der Waals surface area contributed by atoms with Gasteiger partial charge < -0.3 is 19.7 Å². The lowest BCUT2D eigenvalue weighted by Gasteiger charge is -2.15. The van der Waals surface area contributed by atoms with Gasteiger partial charge in [0.2, 0.25) is 0 Å². The van der Waals surface area contributed by atoms with Crippen LogP contribution in [0.15, 0.2) is 36.4 Å². The molecule has 0 aliphatic carbocycles. The summed E-state index contributed by atoms with van der Waals surface area (Å²) in [6, 6.07) is 9.86. The summed E-state index contributed by atoms with van der Waals surface area (Å²) in [5.41, 5.74) is 1.83. The van der Waals surface area contributed by atoms with Gasteiger partial charge in [0.25, 0.3) is 0 Å². The molecule has 6 heteroatoms. The first-order chi connectivity index (χ1) is 12.5. The zero-order chi connectivity index (χ0) is 18.9. The SMILES string of the molecule is COc1cc(CNCCCN(C)C)c(Cl)cc1OCc1ccc(F)cc1. The smallest absolute Gasteiger partial charge is 0.163 e. The summed E-state index contributed by atoms with van der Waals surface area (Å²) in [7, 11) is 5.72. The minimum atomic E-state index is -0.267. The minimum absolute atomic E-state index is 0.267. The molecule has 0 aliphatic rings. The largest absolute Gasteiger partial charge is 0.493 e. The molecule has 0 aliphatic heterocycles. The summed E-state index contributed by atoms with van der Waals surface area (Å²) in [6.07, 6.45) is 1.07. The van der Waals surface area contributed by atoms with Crippen LogP contribution in [0.5, 0.6) is 11.5 Å². The second kappa shape index (κ2) is 10.4. The molecule has 26 heavy (non-hydrogen) atoms. The number of hydrogen-bond acceptors (Lipinski definition) is 4. The third-order valence-corrected chi connectivity index (χ3v) is 4.27. The van der Waals surface area contributed by atoms with Crippen molar-refractivity contribution in [3.8, 4) is 11.5 Å². The molecule has 0 radical (unpaired) electrons. The molecule has 2 aromatic carbocycles. The van der Waals surface area contributed by atoms with E-state index in [2.05, 4.69) is 24.3 Å². The van der Waals surface area contributed by atoms with Gasteiger partial charge in [-0.05, 0) is 62.9 Å². The highest BCUT2D eigenvalue weighted by atomic mass is 35.5. The van der Waals surface area contributed by atoms with Crippen molar-refractivity contribution in [1.82, 2.24) is 10.2 Å². The molecule has 0 saturated heterocycles. The first-order valence-electron chi connectivity index (χ1n) is 8.58. The van der Waals surface area contributed by atoms with Crippen molar-refractivity contribution in [3.63, 3.8) is 0 Å². The van der Waals surface area contributed by atoms with Gasteiger partial charge in [-0.2, -0.15) is 0 Å². The number of hydrogen-bond donors (Lipinski definition) is 1. The fraction of sp³-hybridized carbons (Fsp3) is 0.400. The van der Waals surface area contributed by atoms with Crippen molar-refractivity contribution in [1.29, 1.82) is 0 Å². The van der Waals surface area contributed by atoms with Gasteiger partial charge in [-0.15, -0.1) is 0 Å². The van der Waals surface area contributed by atoms with Crippen LogP contribution in [0.3, 0.4) is 0 Å².